The maximum absolute atomic E-state index is 12.2. The highest BCUT2D eigenvalue weighted by molar-refractivity contribution is 6.54. The van der Waals surface area contributed by atoms with Crippen molar-refractivity contribution in [2.45, 2.75) is 37.4 Å². The van der Waals surface area contributed by atoms with Gasteiger partial charge in [-0.25, -0.2) is 0 Å². The van der Waals surface area contributed by atoms with Crippen molar-refractivity contribution in [3.05, 3.63) is 24.3 Å². The molecule has 0 bridgehead atoms. The summed E-state index contributed by atoms with van der Waals surface area (Å²) in [4.78, 5) is 26.8. The number of amides is 2. The molecule has 1 N–H and O–H groups in total. The highest BCUT2D eigenvalue weighted by Gasteiger charge is 2.21. The van der Waals surface area contributed by atoms with Gasteiger partial charge in [-0.1, -0.05) is 43.0 Å². The lowest BCUT2D eigenvalue weighted by Crippen LogP contribution is -2.48. The van der Waals surface area contributed by atoms with E-state index in [0.29, 0.717) is 12.1 Å². The van der Waals surface area contributed by atoms with E-state index in [1.165, 1.54) is 0 Å². The second kappa shape index (κ2) is 9.88. The molecule has 1 aromatic rings. The molecule has 1 heterocycles. The molecule has 7 heteroatoms. The molecule has 0 radical (unpaired) electrons. The van der Waals surface area contributed by atoms with Crippen molar-refractivity contribution < 1.29 is 9.59 Å². The summed E-state index contributed by atoms with van der Waals surface area (Å²) in [6.07, 6.45) is 3.88. The van der Waals surface area contributed by atoms with Gasteiger partial charge in [-0.2, -0.15) is 0 Å². The van der Waals surface area contributed by atoms with E-state index in [2.05, 4.69) is 17.1 Å². The van der Waals surface area contributed by atoms with Gasteiger partial charge in [0.2, 0.25) is 5.91 Å². The SMILES string of the molecule is CCCCCC(=O)N1CCN(c2ccc(NC(=O)C(Cl)Cl)cc2)CC1. The van der Waals surface area contributed by atoms with Crippen LogP contribution in [0, 0.1) is 0 Å². The number of carbonyl (C=O) groups is 2. The number of anilines is 2. The Balaban J connectivity index is 1.82. The number of nitrogens with zero attached hydrogens (tertiary/aromatic N) is 2. The lowest BCUT2D eigenvalue weighted by atomic mass is 10.1. The third-order valence-corrected chi connectivity index (χ3v) is 4.72. The van der Waals surface area contributed by atoms with Crippen LogP contribution in [0.25, 0.3) is 0 Å². The van der Waals surface area contributed by atoms with Gasteiger partial charge in [0.05, 0.1) is 0 Å². The number of halogens is 2. The van der Waals surface area contributed by atoms with Crippen molar-refractivity contribution in [2.24, 2.45) is 0 Å². The number of nitrogens with one attached hydrogen (secondary N) is 1. The second-order valence-corrected chi connectivity index (χ2v) is 7.26. The monoisotopic (exact) mass is 385 g/mol. The first-order valence-corrected chi connectivity index (χ1v) is 9.60. The summed E-state index contributed by atoms with van der Waals surface area (Å²) in [5.41, 5.74) is 1.73. The van der Waals surface area contributed by atoms with E-state index in [0.717, 1.165) is 51.1 Å². The normalized spacial score (nSPS) is 14.7. The summed E-state index contributed by atoms with van der Waals surface area (Å²) in [5.74, 6) is -0.172. The Hall–Kier alpha value is -1.46. The van der Waals surface area contributed by atoms with E-state index in [9.17, 15) is 9.59 Å². The van der Waals surface area contributed by atoms with Gasteiger partial charge < -0.3 is 15.1 Å². The highest BCUT2D eigenvalue weighted by atomic mass is 35.5. The first kappa shape index (κ1) is 19.9. The maximum atomic E-state index is 12.2. The van der Waals surface area contributed by atoms with Crippen LogP contribution >= 0.6 is 23.2 Å². The van der Waals surface area contributed by atoms with Crippen LogP contribution in [0.1, 0.15) is 32.6 Å². The molecular weight excluding hydrogens is 361 g/mol. The molecule has 1 fully saturated rings. The standard InChI is InChI=1S/C18H25Cl2N3O2/c1-2-3-4-5-16(24)23-12-10-22(11-13-23)15-8-6-14(7-9-15)21-18(25)17(19)20/h6-9,17H,2-5,10-13H2,1H3,(H,21,25). The molecule has 0 saturated carbocycles. The molecule has 2 amide bonds. The van der Waals surface area contributed by atoms with Gasteiger partial charge >= 0.3 is 0 Å². The Bertz CT molecular complexity index is 570. The maximum Gasteiger partial charge on any atom is 0.257 e. The second-order valence-electron chi connectivity index (χ2n) is 6.16. The summed E-state index contributed by atoms with van der Waals surface area (Å²) >= 11 is 11.0. The van der Waals surface area contributed by atoms with Gasteiger partial charge in [-0.15, -0.1) is 0 Å². The molecule has 138 valence electrons. The average molecular weight is 386 g/mol. The highest BCUT2D eigenvalue weighted by Crippen LogP contribution is 2.20. The fourth-order valence-corrected chi connectivity index (χ4v) is 2.96. The van der Waals surface area contributed by atoms with Gasteiger partial charge in [0.1, 0.15) is 0 Å². The number of carbonyl (C=O) groups excluding carboxylic acids is 2. The number of rotatable bonds is 7. The number of benzene rings is 1. The van der Waals surface area contributed by atoms with Crippen LogP contribution in [0.5, 0.6) is 0 Å². The zero-order valence-corrected chi connectivity index (χ0v) is 16.0. The number of hydrogen-bond acceptors (Lipinski definition) is 3. The van der Waals surface area contributed by atoms with Crippen LogP contribution in [0.15, 0.2) is 24.3 Å². The van der Waals surface area contributed by atoms with Crippen molar-refractivity contribution in [1.82, 2.24) is 4.90 Å². The predicted octanol–water partition coefficient (Wildman–Crippen LogP) is 3.66. The van der Waals surface area contributed by atoms with E-state index in [4.69, 9.17) is 23.2 Å². The van der Waals surface area contributed by atoms with E-state index in [1.807, 2.05) is 29.2 Å². The molecule has 0 atom stereocenters. The molecule has 0 spiro atoms. The van der Waals surface area contributed by atoms with Crippen LogP contribution in [0.4, 0.5) is 11.4 Å². The molecule has 1 saturated heterocycles. The molecule has 0 aliphatic carbocycles. The van der Waals surface area contributed by atoms with Crippen LogP contribution in [0.2, 0.25) is 0 Å². The summed E-state index contributed by atoms with van der Waals surface area (Å²) < 4.78 is 0. The van der Waals surface area contributed by atoms with E-state index >= 15 is 0 Å². The zero-order chi connectivity index (χ0) is 18.2. The number of hydrogen-bond donors (Lipinski definition) is 1. The Kier molecular flexibility index (Phi) is 7.85. The van der Waals surface area contributed by atoms with Crippen LogP contribution in [0.3, 0.4) is 0 Å². The van der Waals surface area contributed by atoms with Gasteiger partial charge in [-0.3, -0.25) is 9.59 Å². The van der Waals surface area contributed by atoms with Crippen molar-refractivity contribution in [2.75, 3.05) is 36.4 Å². The van der Waals surface area contributed by atoms with Crippen molar-refractivity contribution in [1.29, 1.82) is 0 Å². The Morgan fingerprint density at radius 3 is 2.28 bits per heavy atom. The third-order valence-electron chi connectivity index (χ3n) is 4.32. The summed E-state index contributed by atoms with van der Waals surface area (Å²) in [6.45, 7) is 5.28. The predicted molar refractivity (Wildman–Crippen MR) is 104 cm³/mol. The minimum absolute atomic E-state index is 0.267. The molecule has 1 aliphatic heterocycles. The molecule has 0 aromatic heterocycles. The van der Waals surface area contributed by atoms with Crippen LogP contribution < -0.4 is 10.2 Å². The topological polar surface area (TPSA) is 52.7 Å². The molecule has 0 unspecified atom stereocenters. The molecule has 1 aromatic carbocycles. The first-order valence-electron chi connectivity index (χ1n) is 8.73. The minimum Gasteiger partial charge on any atom is -0.368 e. The molecule has 25 heavy (non-hydrogen) atoms. The van der Waals surface area contributed by atoms with Gasteiger partial charge in [-0.05, 0) is 30.7 Å². The van der Waals surface area contributed by atoms with Gasteiger partial charge in [0.25, 0.3) is 5.91 Å². The van der Waals surface area contributed by atoms with Gasteiger partial charge in [0.15, 0.2) is 4.84 Å². The fourth-order valence-electron chi connectivity index (χ4n) is 2.85. The quantitative estimate of drug-likeness (QED) is 0.575. The lowest BCUT2D eigenvalue weighted by Gasteiger charge is -2.36. The average Bonchev–Trinajstić information content (AvgIpc) is 2.62. The van der Waals surface area contributed by atoms with Crippen molar-refractivity contribution in [3.8, 4) is 0 Å². The summed E-state index contributed by atoms with van der Waals surface area (Å²) in [5, 5.41) is 2.64. The van der Waals surface area contributed by atoms with Crippen LogP contribution in [-0.4, -0.2) is 47.7 Å². The van der Waals surface area contributed by atoms with E-state index in [1.54, 1.807) is 0 Å². The van der Waals surface area contributed by atoms with E-state index < -0.39 is 10.7 Å². The first-order chi connectivity index (χ1) is 12.0. The number of alkyl halides is 2. The van der Waals surface area contributed by atoms with E-state index in [-0.39, 0.29) is 5.91 Å². The Labute approximate surface area is 159 Å². The molecule has 2 rings (SSSR count). The molecule has 5 nitrogen and oxygen atoms in total. The molecular formula is C18H25Cl2N3O2. The smallest absolute Gasteiger partial charge is 0.257 e. The fraction of sp³-hybridized carbons (Fsp3) is 0.556. The number of unbranched alkanes of at least 4 members (excludes halogenated alkanes) is 2. The molecule has 1 aliphatic rings. The third kappa shape index (κ3) is 6.08. The minimum atomic E-state index is -1.08. The Morgan fingerprint density at radius 2 is 1.72 bits per heavy atom. The summed E-state index contributed by atoms with van der Waals surface area (Å²) in [6, 6.07) is 7.55. The number of piperazine rings is 1. The van der Waals surface area contributed by atoms with Crippen molar-refractivity contribution >= 4 is 46.4 Å². The largest absolute Gasteiger partial charge is 0.368 e. The van der Waals surface area contributed by atoms with Crippen molar-refractivity contribution in [3.63, 3.8) is 0 Å². The van der Waals surface area contributed by atoms with Crippen LogP contribution in [-0.2, 0) is 9.59 Å². The van der Waals surface area contributed by atoms with Gasteiger partial charge in [0, 0.05) is 44.0 Å². The zero-order valence-electron chi connectivity index (χ0n) is 14.5. The summed E-state index contributed by atoms with van der Waals surface area (Å²) in [7, 11) is 0. The lowest BCUT2D eigenvalue weighted by molar-refractivity contribution is -0.131. The Morgan fingerprint density at radius 1 is 1.08 bits per heavy atom.